The molecular formula is C18H21N3O2. The van der Waals surface area contributed by atoms with Crippen LogP contribution < -0.4 is 4.90 Å². The molecule has 1 fully saturated rings. The lowest BCUT2D eigenvalue weighted by atomic mass is 10.0. The fraction of sp³-hybridized carbons (Fsp3) is 0.389. The summed E-state index contributed by atoms with van der Waals surface area (Å²) in [5, 5.41) is 9.48. The first-order valence-corrected chi connectivity index (χ1v) is 8.00. The molecule has 0 spiro atoms. The minimum atomic E-state index is -0.978. The van der Waals surface area contributed by atoms with Gasteiger partial charge in [0.2, 0.25) is 0 Å². The molecule has 1 N–H and O–H groups in total. The Labute approximate surface area is 136 Å². The first-order chi connectivity index (χ1) is 11.1. The Bertz CT molecular complexity index is 730. The van der Waals surface area contributed by atoms with Gasteiger partial charge in [-0.05, 0) is 39.2 Å². The maximum atomic E-state index is 11.6. The fourth-order valence-corrected chi connectivity index (χ4v) is 3.08. The largest absolute Gasteiger partial charge is 0.477 e. The molecule has 0 saturated carbocycles. The van der Waals surface area contributed by atoms with Gasteiger partial charge in [-0.2, -0.15) is 0 Å². The number of aromatic carboxylic acids is 1. The second kappa shape index (κ2) is 6.36. The number of hydrogen-bond acceptors (Lipinski definition) is 4. The van der Waals surface area contributed by atoms with Gasteiger partial charge in [0, 0.05) is 24.3 Å². The van der Waals surface area contributed by atoms with Crippen LogP contribution in [0.5, 0.6) is 0 Å². The Morgan fingerprint density at radius 1 is 1.35 bits per heavy atom. The number of aromatic nitrogens is 2. The summed E-state index contributed by atoms with van der Waals surface area (Å²) in [7, 11) is 0. The van der Waals surface area contributed by atoms with Crippen LogP contribution in [0.15, 0.2) is 30.5 Å². The maximum absolute atomic E-state index is 11.6. The van der Waals surface area contributed by atoms with E-state index in [1.165, 1.54) is 12.6 Å². The van der Waals surface area contributed by atoms with Gasteiger partial charge in [0.05, 0.1) is 0 Å². The van der Waals surface area contributed by atoms with Crippen LogP contribution in [0.25, 0.3) is 11.4 Å². The number of carboxylic acids is 1. The molecule has 0 bridgehead atoms. The molecule has 1 saturated heterocycles. The summed E-state index contributed by atoms with van der Waals surface area (Å²) < 4.78 is 0. The molecule has 0 radical (unpaired) electrons. The zero-order valence-corrected chi connectivity index (χ0v) is 13.5. The molecule has 1 unspecified atom stereocenters. The van der Waals surface area contributed by atoms with E-state index in [1.807, 2.05) is 31.2 Å². The first-order valence-electron chi connectivity index (χ1n) is 8.00. The van der Waals surface area contributed by atoms with Gasteiger partial charge in [0.15, 0.2) is 5.82 Å². The highest BCUT2D eigenvalue weighted by atomic mass is 16.4. The molecule has 1 aromatic heterocycles. The van der Waals surface area contributed by atoms with Gasteiger partial charge in [0.25, 0.3) is 0 Å². The average Bonchev–Trinajstić information content (AvgIpc) is 2.54. The van der Waals surface area contributed by atoms with E-state index in [0.29, 0.717) is 17.7 Å². The van der Waals surface area contributed by atoms with E-state index in [2.05, 4.69) is 21.8 Å². The summed E-state index contributed by atoms with van der Waals surface area (Å²) in [6, 6.07) is 8.23. The van der Waals surface area contributed by atoms with Gasteiger partial charge in [-0.3, -0.25) is 0 Å². The van der Waals surface area contributed by atoms with Crippen molar-refractivity contribution in [3.8, 4) is 11.4 Å². The quantitative estimate of drug-likeness (QED) is 0.939. The average molecular weight is 311 g/mol. The lowest BCUT2D eigenvalue weighted by Gasteiger charge is -2.35. The zero-order chi connectivity index (χ0) is 16.4. The van der Waals surface area contributed by atoms with E-state index in [0.717, 1.165) is 30.5 Å². The summed E-state index contributed by atoms with van der Waals surface area (Å²) in [6.07, 6.45) is 4.73. The summed E-state index contributed by atoms with van der Waals surface area (Å²) >= 11 is 0. The highest BCUT2D eigenvalue weighted by Gasteiger charge is 2.25. The van der Waals surface area contributed by atoms with Crippen LogP contribution in [-0.2, 0) is 0 Å². The molecule has 1 aliphatic heterocycles. The van der Waals surface area contributed by atoms with E-state index in [-0.39, 0.29) is 5.56 Å². The van der Waals surface area contributed by atoms with E-state index in [4.69, 9.17) is 0 Å². The fourth-order valence-electron chi connectivity index (χ4n) is 3.08. The molecule has 1 atom stereocenters. The van der Waals surface area contributed by atoms with Crippen molar-refractivity contribution in [3.05, 3.63) is 41.6 Å². The highest BCUT2D eigenvalue weighted by molar-refractivity contribution is 5.93. The predicted octanol–water partition coefficient (Wildman–Crippen LogP) is 3.53. The van der Waals surface area contributed by atoms with Crippen LogP contribution >= 0.6 is 0 Å². The van der Waals surface area contributed by atoms with Crippen molar-refractivity contribution in [1.29, 1.82) is 0 Å². The minimum Gasteiger partial charge on any atom is -0.477 e. The molecule has 0 amide bonds. The molecule has 120 valence electrons. The lowest BCUT2D eigenvalue weighted by molar-refractivity contribution is 0.0696. The van der Waals surface area contributed by atoms with Gasteiger partial charge in [-0.1, -0.05) is 23.8 Å². The SMILES string of the molecule is Cc1cccc(-c2ncc(C(=O)O)c(N3CCCCC3C)n2)c1. The van der Waals surface area contributed by atoms with Crippen LogP contribution in [0.1, 0.15) is 42.1 Å². The summed E-state index contributed by atoms with van der Waals surface area (Å²) in [4.78, 5) is 22.6. The zero-order valence-electron chi connectivity index (χ0n) is 13.5. The van der Waals surface area contributed by atoms with Gasteiger partial charge in [-0.25, -0.2) is 14.8 Å². The third kappa shape index (κ3) is 3.18. The second-order valence-corrected chi connectivity index (χ2v) is 6.14. The number of anilines is 1. The Kier molecular flexibility index (Phi) is 4.28. The van der Waals surface area contributed by atoms with Crippen LogP contribution in [0.2, 0.25) is 0 Å². The van der Waals surface area contributed by atoms with E-state index >= 15 is 0 Å². The normalized spacial score (nSPS) is 18.0. The standard InChI is InChI=1S/C18H21N3O2/c1-12-6-5-8-14(10-12)16-19-11-15(18(22)23)17(20-16)21-9-4-3-7-13(21)2/h5-6,8,10-11,13H,3-4,7,9H2,1-2H3,(H,22,23). The summed E-state index contributed by atoms with van der Waals surface area (Å²) in [6.45, 7) is 4.98. The number of carboxylic acid groups (broad SMARTS) is 1. The number of hydrogen-bond donors (Lipinski definition) is 1. The third-order valence-corrected chi connectivity index (χ3v) is 4.35. The van der Waals surface area contributed by atoms with Crippen LogP contribution in [0.3, 0.4) is 0 Å². The number of aryl methyl sites for hydroxylation is 1. The van der Waals surface area contributed by atoms with Crippen molar-refractivity contribution in [2.75, 3.05) is 11.4 Å². The first kappa shape index (κ1) is 15.5. The number of piperidine rings is 1. The van der Waals surface area contributed by atoms with Crippen molar-refractivity contribution in [2.24, 2.45) is 0 Å². The lowest BCUT2D eigenvalue weighted by Crippen LogP contribution is -2.39. The molecule has 3 rings (SSSR count). The molecule has 23 heavy (non-hydrogen) atoms. The van der Waals surface area contributed by atoms with Gasteiger partial charge >= 0.3 is 5.97 Å². The van der Waals surface area contributed by atoms with Crippen molar-refractivity contribution in [2.45, 2.75) is 39.2 Å². The predicted molar refractivity (Wildman–Crippen MR) is 89.8 cm³/mol. The number of nitrogens with zero attached hydrogens (tertiary/aromatic N) is 3. The van der Waals surface area contributed by atoms with Crippen molar-refractivity contribution < 1.29 is 9.90 Å². The molecule has 2 aromatic rings. The maximum Gasteiger partial charge on any atom is 0.341 e. The summed E-state index contributed by atoms with van der Waals surface area (Å²) in [5.41, 5.74) is 2.21. The monoisotopic (exact) mass is 311 g/mol. The van der Waals surface area contributed by atoms with Crippen LogP contribution in [0.4, 0.5) is 5.82 Å². The molecule has 5 nitrogen and oxygen atoms in total. The van der Waals surface area contributed by atoms with Crippen LogP contribution in [-0.4, -0.2) is 33.6 Å². The molecular weight excluding hydrogens is 290 g/mol. The second-order valence-electron chi connectivity index (χ2n) is 6.14. The Balaban J connectivity index is 2.08. The Hall–Kier alpha value is -2.43. The van der Waals surface area contributed by atoms with Crippen molar-refractivity contribution in [3.63, 3.8) is 0 Å². The Morgan fingerprint density at radius 2 is 2.17 bits per heavy atom. The van der Waals surface area contributed by atoms with Crippen LogP contribution in [0, 0.1) is 6.92 Å². The van der Waals surface area contributed by atoms with E-state index in [9.17, 15) is 9.90 Å². The van der Waals surface area contributed by atoms with Gasteiger partial charge in [-0.15, -0.1) is 0 Å². The smallest absolute Gasteiger partial charge is 0.341 e. The summed E-state index contributed by atoms with van der Waals surface area (Å²) in [5.74, 6) is 0.135. The minimum absolute atomic E-state index is 0.176. The molecule has 1 aliphatic rings. The molecule has 1 aromatic carbocycles. The highest BCUT2D eigenvalue weighted by Crippen LogP contribution is 2.28. The van der Waals surface area contributed by atoms with Crippen molar-refractivity contribution >= 4 is 11.8 Å². The third-order valence-electron chi connectivity index (χ3n) is 4.35. The Morgan fingerprint density at radius 3 is 2.87 bits per heavy atom. The van der Waals surface area contributed by atoms with E-state index < -0.39 is 5.97 Å². The number of benzene rings is 1. The molecule has 5 heteroatoms. The van der Waals surface area contributed by atoms with E-state index in [1.54, 1.807) is 0 Å². The topological polar surface area (TPSA) is 66.3 Å². The van der Waals surface area contributed by atoms with Crippen molar-refractivity contribution in [1.82, 2.24) is 9.97 Å². The molecule has 0 aliphatic carbocycles. The molecule has 2 heterocycles. The number of carbonyl (C=O) groups is 1. The van der Waals surface area contributed by atoms with Gasteiger partial charge < -0.3 is 10.0 Å². The number of rotatable bonds is 3. The van der Waals surface area contributed by atoms with Gasteiger partial charge in [0.1, 0.15) is 11.4 Å².